The summed E-state index contributed by atoms with van der Waals surface area (Å²) in [6, 6.07) is 16.9. The molecule has 0 fully saturated rings. The van der Waals surface area contributed by atoms with E-state index in [0.717, 1.165) is 5.56 Å². The number of hydrogen-bond acceptors (Lipinski definition) is 5. The molecule has 26 heavy (non-hydrogen) atoms. The number of ether oxygens (including phenoxy) is 2. The first-order valence-corrected chi connectivity index (χ1v) is 8.24. The van der Waals surface area contributed by atoms with E-state index in [1.807, 2.05) is 50.5 Å². The molecule has 0 saturated heterocycles. The Morgan fingerprint density at radius 1 is 1.19 bits per heavy atom. The molecular formula is C20H23N3O3. The fourth-order valence-electron chi connectivity index (χ4n) is 2.53. The van der Waals surface area contributed by atoms with Crippen molar-refractivity contribution in [2.75, 3.05) is 34.4 Å². The molecule has 2 aromatic carbocycles. The molecule has 0 heterocycles. The molecule has 136 valence electrons. The molecule has 1 atom stereocenters. The summed E-state index contributed by atoms with van der Waals surface area (Å²) in [7, 11) is 5.44. The predicted molar refractivity (Wildman–Crippen MR) is 99.1 cm³/mol. The molecule has 1 unspecified atom stereocenters. The average Bonchev–Trinajstić information content (AvgIpc) is 2.66. The van der Waals surface area contributed by atoms with Crippen LogP contribution >= 0.6 is 0 Å². The molecular weight excluding hydrogens is 330 g/mol. The minimum Gasteiger partial charge on any atom is -0.493 e. The Kier molecular flexibility index (Phi) is 7.01. The number of hydrogen-bond donors (Lipinski definition) is 1. The lowest BCUT2D eigenvalue weighted by Crippen LogP contribution is -2.36. The highest BCUT2D eigenvalue weighted by Gasteiger charge is 2.15. The van der Waals surface area contributed by atoms with Gasteiger partial charge in [-0.05, 0) is 31.8 Å². The Balaban J connectivity index is 1.92. The number of rotatable bonds is 8. The Morgan fingerprint density at radius 3 is 2.54 bits per heavy atom. The van der Waals surface area contributed by atoms with Crippen LogP contribution in [-0.2, 0) is 4.79 Å². The number of amides is 1. The van der Waals surface area contributed by atoms with Crippen LogP contribution < -0.4 is 14.8 Å². The van der Waals surface area contributed by atoms with Gasteiger partial charge in [-0.15, -0.1) is 0 Å². The van der Waals surface area contributed by atoms with E-state index in [4.69, 9.17) is 14.7 Å². The van der Waals surface area contributed by atoms with Crippen LogP contribution in [0.4, 0.5) is 0 Å². The molecule has 2 aromatic rings. The molecule has 2 rings (SSSR count). The third-order valence-corrected chi connectivity index (χ3v) is 3.95. The van der Waals surface area contributed by atoms with Crippen molar-refractivity contribution in [2.24, 2.45) is 0 Å². The standard InChI is InChI=1S/C20H23N3O3/c1-23(2)17(16-7-5-4-6-8-16)13-22-20(24)14-26-18-10-9-15(12-21)11-19(18)25-3/h4-11,17H,13-14H2,1-3H3,(H,22,24). The number of carbonyl (C=O) groups excluding carboxylic acids is 1. The van der Waals surface area contributed by atoms with E-state index in [0.29, 0.717) is 23.6 Å². The van der Waals surface area contributed by atoms with E-state index < -0.39 is 0 Å². The maximum Gasteiger partial charge on any atom is 0.258 e. The van der Waals surface area contributed by atoms with Gasteiger partial charge in [0.2, 0.25) is 0 Å². The van der Waals surface area contributed by atoms with Gasteiger partial charge in [-0.2, -0.15) is 5.26 Å². The number of nitriles is 1. The Hall–Kier alpha value is -3.04. The SMILES string of the molecule is COc1cc(C#N)ccc1OCC(=O)NCC(c1ccccc1)N(C)C. The third kappa shape index (κ3) is 5.23. The highest BCUT2D eigenvalue weighted by molar-refractivity contribution is 5.77. The molecule has 0 aliphatic rings. The molecule has 6 nitrogen and oxygen atoms in total. The zero-order valence-corrected chi connectivity index (χ0v) is 15.2. The van der Waals surface area contributed by atoms with E-state index in [-0.39, 0.29) is 18.6 Å². The second-order valence-electron chi connectivity index (χ2n) is 5.96. The van der Waals surface area contributed by atoms with Crippen molar-refractivity contribution >= 4 is 5.91 Å². The van der Waals surface area contributed by atoms with Gasteiger partial charge in [0.05, 0.1) is 24.8 Å². The van der Waals surface area contributed by atoms with Crippen LogP contribution in [0, 0.1) is 11.3 Å². The van der Waals surface area contributed by atoms with Gasteiger partial charge in [-0.1, -0.05) is 30.3 Å². The number of likely N-dealkylation sites (N-methyl/N-ethyl adjacent to an activating group) is 1. The summed E-state index contributed by atoms with van der Waals surface area (Å²) in [6.07, 6.45) is 0. The smallest absolute Gasteiger partial charge is 0.258 e. The minimum atomic E-state index is -0.223. The monoisotopic (exact) mass is 353 g/mol. The molecule has 6 heteroatoms. The van der Waals surface area contributed by atoms with E-state index in [1.54, 1.807) is 18.2 Å². The maximum absolute atomic E-state index is 12.1. The van der Waals surface area contributed by atoms with Crippen LogP contribution in [0.25, 0.3) is 0 Å². The number of benzene rings is 2. The highest BCUT2D eigenvalue weighted by atomic mass is 16.5. The van der Waals surface area contributed by atoms with Crippen LogP contribution in [0.2, 0.25) is 0 Å². The highest BCUT2D eigenvalue weighted by Crippen LogP contribution is 2.27. The Bertz CT molecular complexity index is 770. The zero-order chi connectivity index (χ0) is 18.9. The summed E-state index contributed by atoms with van der Waals surface area (Å²) in [5, 5.41) is 11.8. The van der Waals surface area contributed by atoms with Crippen molar-refractivity contribution in [3.63, 3.8) is 0 Å². The van der Waals surface area contributed by atoms with Gasteiger partial charge in [0.25, 0.3) is 5.91 Å². The van der Waals surface area contributed by atoms with Crippen molar-refractivity contribution in [1.29, 1.82) is 5.26 Å². The van der Waals surface area contributed by atoms with E-state index >= 15 is 0 Å². The predicted octanol–water partition coefficient (Wildman–Crippen LogP) is 2.36. The van der Waals surface area contributed by atoms with Crippen LogP contribution in [0.5, 0.6) is 11.5 Å². The molecule has 0 radical (unpaired) electrons. The summed E-state index contributed by atoms with van der Waals surface area (Å²) in [5.41, 5.74) is 1.60. The second-order valence-corrected chi connectivity index (χ2v) is 5.96. The van der Waals surface area contributed by atoms with Crippen molar-refractivity contribution in [2.45, 2.75) is 6.04 Å². The van der Waals surface area contributed by atoms with Gasteiger partial charge < -0.3 is 19.7 Å². The summed E-state index contributed by atoms with van der Waals surface area (Å²) >= 11 is 0. The Labute approximate surface area is 153 Å². The van der Waals surface area contributed by atoms with Gasteiger partial charge in [-0.25, -0.2) is 0 Å². The molecule has 0 bridgehead atoms. The molecule has 0 spiro atoms. The maximum atomic E-state index is 12.1. The van der Waals surface area contributed by atoms with Crippen molar-refractivity contribution in [1.82, 2.24) is 10.2 Å². The largest absolute Gasteiger partial charge is 0.493 e. The lowest BCUT2D eigenvalue weighted by Gasteiger charge is -2.25. The average molecular weight is 353 g/mol. The van der Waals surface area contributed by atoms with Crippen molar-refractivity contribution in [3.05, 3.63) is 59.7 Å². The van der Waals surface area contributed by atoms with E-state index in [1.165, 1.54) is 7.11 Å². The van der Waals surface area contributed by atoms with Crippen LogP contribution in [0.1, 0.15) is 17.2 Å². The summed E-state index contributed by atoms with van der Waals surface area (Å²) in [4.78, 5) is 14.2. The fraction of sp³-hybridized carbons (Fsp3) is 0.300. The van der Waals surface area contributed by atoms with E-state index in [2.05, 4.69) is 10.2 Å². The summed E-state index contributed by atoms with van der Waals surface area (Å²) < 4.78 is 10.7. The van der Waals surface area contributed by atoms with Gasteiger partial charge in [-0.3, -0.25) is 4.79 Å². The van der Waals surface area contributed by atoms with Crippen LogP contribution in [-0.4, -0.2) is 45.2 Å². The first-order valence-electron chi connectivity index (χ1n) is 8.24. The molecule has 0 aromatic heterocycles. The molecule has 0 saturated carbocycles. The van der Waals surface area contributed by atoms with Crippen LogP contribution in [0.3, 0.4) is 0 Å². The first kappa shape index (κ1) is 19.3. The lowest BCUT2D eigenvalue weighted by molar-refractivity contribution is -0.123. The van der Waals surface area contributed by atoms with Gasteiger partial charge in [0.15, 0.2) is 18.1 Å². The first-order chi connectivity index (χ1) is 12.5. The lowest BCUT2D eigenvalue weighted by atomic mass is 10.1. The van der Waals surface area contributed by atoms with Gasteiger partial charge >= 0.3 is 0 Å². The van der Waals surface area contributed by atoms with Gasteiger partial charge in [0, 0.05) is 12.6 Å². The molecule has 1 amide bonds. The molecule has 0 aliphatic heterocycles. The number of methoxy groups -OCH3 is 1. The van der Waals surface area contributed by atoms with Crippen molar-refractivity contribution < 1.29 is 14.3 Å². The summed E-state index contributed by atoms with van der Waals surface area (Å²) in [5.74, 6) is 0.625. The fourth-order valence-corrected chi connectivity index (χ4v) is 2.53. The number of nitrogens with one attached hydrogen (secondary N) is 1. The quantitative estimate of drug-likeness (QED) is 0.789. The van der Waals surface area contributed by atoms with E-state index in [9.17, 15) is 4.79 Å². The normalized spacial score (nSPS) is 11.5. The molecule has 1 N–H and O–H groups in total. The summed E-state index contributed by atoms with van der Waals surface area (Å²) in [6.45, 7) is 0.348. The zero-order valence-electron chi connectivity index (χ0n) is 15.2. The third-order valence-electron chi connectivity index (χ3n) is 3.95. The van der Waals surface area contributed by atoms with Gasteiger partial charge in [0.1, 0.15) is 0 Å². The second kappa shape index (κ2) is 9.44. The topological polar surface area (TPSA) is 74.6 Å². The minimum absolute atomic E-state index is 0.0737. The van der Waals surface area contributed by atoms with Crippen molar-refractivity contribution in [3.8, 4) is 17.6 Å². The number of nitrogens with zero attached hydrogens (tertiary/aromatic N) is 2. The number of carbonyl (C=O) groups is 1. The van der Waals surface area contributed by atoms with Crippen LogP contribution in [0.15, 0.2) is 48.5 Å². The molecule has 0 aliphatic carbocycles. The Morgan fingerprint density at radius 2 is 1.92 bits per heavy atom.